The second-order valence-electron chi connectivity index (χ2n) is 8.28. The fraction of sp³-hybridized carbons (Fsp3) is 0.700. The molecule has 4 heterocycles. The van der Waals surface area contributed by atoms with Crippen molar-refractivity contribution in [1.29, 1.82) is 0 Å². The van der Waals surface area contributed by atoms with Gasteiger partial charge < -0.3 is 4.90 Å². The highest BCUT2D eigenvalue weighted by Crippen LogP contribution is 2.23. The summed E-state index contributed by atoms with van der Waals surface area (Å²) in [5.74, 6) is 0.888. The largest absolute Gasteiger partial charge is 0.302 e. The fourth-order valence-electron chi connectivity index (χ4n) is 4.44. The van der Waals surface area contributed by atoms with Gasteiger partial charge in [-0.25, -0.2) is 0 Å². The van der Waals surface area contributed by atoms with E-state index in [0.717, 1.165) is 37.7 Å². The highest BCUT2D eigenvalue weighted by Gasteiger charge is 2.28. The minimum Gasteiger partial charge on any atom is -0.302 e. The van der Waals surface area contributed by atoms with Crippen LogP contribution < -0.4 is 0 Å². The molecule has 6 heteroatoms. The smallest absolute Gasteiger partial charge is 0.0597 e. The van der Waals surface area contributed by atoms with Gasteiger partial charge in [-0.3, -0.25) is 14.3 Å². The van der Waals surface area contributed by atoms with Crippen LogP contribution in [0.2, 0.25) is 0 Å². The van der Waals surface area contributed by atoms with Gasteiger partial charge in [0, 0.05) is 45.5 Å². The highest BCUT2D eigenvalue weighted by molar-refractivity contribution is 5.10. The molecule has 2 aliphatic heterocycles. The van der Waals surface area contributed by atoms with Crippen LogP contribution in [0.1, 0.15) is 43.3 Å². The minimum absolute atomic E-state index is 0.570. The van der Waals surface area contributed by atoms with Crippen molar-refractivity contribution in [2.24, 2.45) is 13.0 Å². The molecular weight excluding hydrogens is 324 g/mol. The molecule has 2 aromatic rings. The average molecular weight is 357 g/mol. The second-order valence-corrected chi connectivity index (χ2v) is 8.28. The summed E-state index contributed by atoms with van der Waals surface area (Å²) in [6, 6.07) is 4.97. The summed E-state index contributed by atoms with van der Waals surface area (Å²) in [4.78, 5) is 5.33. The Balaban J connectivity index is 1.51. The SMILES string of the molecule is Cc1cc(CN2Cc3ccnn3CC[C@H]2CN2CCC(C)CC2)n(C)n1. The van der Waals surface area contributed by atoms with Crippen molar-refractivity contribution < 1.29 is 0 Å². The van der Waals surface area contributed by atoms with Crippen LogP contribution in [0.5, 0.6) is 0 Å². The van der Waals surface area contributed by atoms with Gasteiger partial charge in [-0.1, -0.05) is 6.92 Å². The Morgan fingerprint density at radius 1 is 1.15 bits per heavy atom. The molecule has 26 heavy (non-hydrogen) atoms. The molecule has 0 radical (unpaired) electrons. The average Bonchev–Trinajstić information content (AvgIpc) is 3.14. The number of rotatable bonds is 4. The Kier molecular flexibility index (Phi) is 5.14. The van der Waals surface area contributed by atoms with Gasteiger partial charge in [-0.15, -0.1) is 0 Å². The van der Waals surface area contributed by atoms with Gasteiger partial charge >= 0.3 is 0 Å². The molecule has 0 aromatic carbocycles. The first-order chi connectivity index (χ1) is 12.6. The Morgan fingerprint density at radius 2 is 1.96 bits per heavy atom. The van der Waals surface area contributed by atoms with E-state index in [0.29, 0.717) is 6.04 Å². The predicted molar refractivity (Wildman–Crippen MR) is 103 cm³/mol. The number of piperidine rings is 1. The van der Waals surface area contributed by atoms with Gasteiger partial charge in [-0.2, -0.15) is 10.2 Å². The first kappa shape index (κ1) is 17.7. The van der Waals surface area contributed by atoms with Crippen LogP contribution in [-0.4, -0.2) is 55.0 Å². The topological polar surface area (TPSA) is 42.1 Å². The van der Waals surface area contributed by atoms with Gasteiger partial charge in [0.15, 0.2) is 0 Å². The van der Waals surface area contributed by atoms with Crippen LogP contribution in [0.3, 0.4) is 0 Å². The second kappa shape index (κ2) is 7.53. The molecule has 6 nitrogen and oxygen atoms in total. The van der Waals surface area contributed by atoms with Crippen molar-refractivity contribution in [2.75, 3.05) is 19.6 Å². The summed E-state index contributed by atoms with van der Waals surface area (Å²) in [7, 11) is 2.06. The first-order valence-corrected chi connectivity index (χ1v) is 10.0. The molecule has 1 saturated heterocycles. The van der Waals surface area contributed by atoms with Crippen molar-refractivity contribution in [1.82, 2.24) is 29.4 Å². The summed E-state index contributed by atoms with van der Waals surface area (Å²) in [5.41, 5.74) is 3.73. The Bertz CT molecular complexity index is 724. The van der Waals surface area contributed by atoms with Crippen LogP contribution in [0.15, 0.2) is 18.3 Å². The maximum atomic E-state index is 4.55. The number of fused-ring (bicyclic) bond motifs is 1. The van der Waals surface area contributed by atoms with Crippen LogP contribution in [0.25, 0.3) is 0 Å². The molecule has 0 N–H and O–H groups in total. The van der Waals surface area contributed by atoms with Gasteiger partial charge in [0.2, 0.25) is 0 Å². The normalized spacial score (nSPS) is 23.1. The molecule has 0 bridgehead atoms. The number of aromatic nitrogens is 4. The Labute approximate surface area is 156 Å². The van der Waals surface area contributed by atoms with Crippen molar-refractivity contribution in [3.63, 3.8) is 0 Å². The number of aryl methyl sites for hydroxylation is 3. The number of hydrogen-bond acceptors (Lipinski definition) is 4. The zero-order valence-corrected chi connectivity index (χ0v) is 16.4. The molecule has 2 aromatic heterocycles. The third kappa shape index (κ3) is 3.86. The third-order valence-corrected chi connectivity index (χ3v) is 6.17. The van der Waals surface area contributed by atoms with Crippen LogP contribution in [0.4, 0.5) is 0 Å². The molecule has 1 atom stereocenters. The van der Waals surface area contributed by atoms with Crippen LogP contribution >= 0.6 is 0 Å². The van der Waals surface area contributed by atoms with Crippen LogP contribution in [-0.2, 0) is 26.7 Å². The highest BCUT2D eigenvalue weighted by atomic mass is 15.3. The lowest BCUT2D eigenvalue weighted by Gasteiger charge is -2.37. The Hall–Kier alpha value is -1.66. The molecule has 0 saturated carbocycles. The zero-order chi connectivity index (χ0) is 18.1. The standard InChI is InChI=1S/C20H32N6/c1-16-5-9-24(10-6-16)13-18-7-11-26-19(4-8-21-26)14-25(18)15-20-12-17(2)22-23(20)3/h4,8,12,16,18H,5-7,9-11,13-15H2,1-3H3/t18-/m0/s1. The molecule has 1 fully saturated rings. The molecule has 2 aliphatic rings. The van der Waals surface area contributed by atoms with Gasteiger partial charge in [-0.05, 0) is 57.3 Å². The maximum Gasteiger partial charge on any atom is 0.0597 e. The number of likely N-dealkylation sites (tertiary alicyclic amines) is 1. The van der Waals surface area contributed by atoms with Crippen LogP contribution in [0, 0.1) is 12.8 Å². The quantitative estimate of drug-likeness (QED) is 0.844. The lowest BCUT2D eigenvalue weighted by molar-refractivity contribution is 0.0997. The van der Waals surface area contributed by atoms with Gasteiger partial charge in [0.25, 0.3) is 0 Å². The Morgan fingerprint density at radius 3 is 2.69 bits per heavy atom. The molecule has 0 unspecified atom stereocenters. The molecule has 142 valence electrons. The van der Waals surface area contributed by atoms with E-state index in [9.17, 15) is 0 Å². The van der Waals surface area contributed by atoms with E-state index in [1.807, 2.05) is 10.9 Å². The monoisotopic (exact) mass is 356 g/mol. The zero-order valence-electron chi connectivity index (χ0n) is 16.4. The molecule has 0 aliphatic carbocycles. The maximum absolute atomic E-state index is 4.55. The number of hydrogen-bond donors (Lipinski definition) is 0. The van der Waals surface area contributed by atoms with Gasteiger partial charge in [0.05, 0.1) is 17.1 Å². The predicted octanol–water partition coefficient (Wildman–Crippen LogP) is 2.43. The number of nitrogens with zero attached hydrogens (tertiary/aromatic N) is 6. The first-order valence-electron chi connectivity index (χ1n) is 10.0. The van der Waals surface area contributed by atoms with E-state index in [2.05, 4.69) is 57.7 Å². The molecule has 0 spiro atoms. The molecular formula is C20H32N6. The lowest BCUT2D eigenvalue weighted by Crippen LogP contribution is -2.45. The van der Waals surface area contributed by atoms with E-state index in [1.165, 1.54) is 43.9 Å². The third-order valence-electron chi connectivity index (χ3n) is 6.17. The molecule has 0 amide bonds. The minimum atomic E-state index is 0.570. The van der Waals surface area contributed by atoms with E-state index in [1.54, 1.807) is 0 Å². The fourth-order valence-corrected chi connectivity index (χ4v) is 4.44. The van der Waals surface area contributed by atoms with Crippen molar-refractivity contribution >= 4 is 0 Å². The summed E-state index contributed by atoms with van der Waals surface area (Å²) in [5, 5.41) is 9.08. The molecule has 4 rings (SSSR count). The van der Waals surface area contributed by atoms with Crippen molar-refractivity contribution in [3.8, 4) is 0 Å². The van der Waals surface area contributed by atoms with Gasteiger partial charge in [0.1, 0.15) is 0 Å². The lowest BCUT2D eigenvalue weighted by atomic mass is 9.98. The summed E-state index contributed by atoms with van der Waals surface area (Å²) >= 11 is 0. The van der Waals surface area contributed by atoms with Crippen molar-refractivity contribution in [3.05, 3.63) is 35.4 Å². The van der Waals surface area contributed by atoms with E-state index >= 15 is 0 Å². The van der Waals surface area contributed by atoms with E-state index < -0.39 is 0 Å². The van der Waals surface area contributed by atoms with Crippen molar-refractivity contribution in [2.45, 2.75) is 58.8 Å². The van der Waals surface area contributed by atoms with E-state index in [4.69, 9.17) is 0 Å². The summed E-state index contributed by atoms with van der Waals surface area (Å²) in [6.45, 7) is 11.1. The van der Waals surface area contributed by atoms with E-state index in [-0.39, 0.29) is 0 Å². The summed E-state index contributed by atoms with van der Waals surface area (Å²) < 4.78 is 4.23. The summed E-state index contributed by atoms with van der Waals surface area (Å²) in [6.07, 6.45) is 5.79.